The van der Waals surface area contributed by atoms with Gasteiger partial charge in [0.2, 0.25) is 0 Å². The summed E-state index contributed by atoms with van der Waals surface area (Å²) in [5, 5.41) is 6.44. The number of rotatable bonds is 5. The summed E-state index contributed by atoms with van der Waals surface area (Å²) in [4.78, 5) is 11.7. The molecular weight excluding hydrogens is 288 g/mol. The number of hydrogen-bond acceptors (Lipinski definition) is 3. The minimum atomic E-state index is -0.481. The van der Waals surface area contributed by atoms with E-state index in [1.54, 1.807) is 0 Å². The van der Waals surface area contributed by atoms with E-state index in [1.807, 2.05) is 32.9 Å². The predicted octanol–water partition coefficient (Wildman–Crippen LogP) is 4.70. The van der Waals surface area contributed by atoms with Gasteiger partial charge in [-0.05, 0) is 57.2 Å². The first-order chi connectivity index (χ1) is 10.9. The molecule has 2 N–H and O–H groups in total. The van der Waals surface area contributed by atoms with Gasteiger partial charge >= 0.3 is 6.09 Å². The predicted molar refractivity (Wildman–Crippen MR) is 94.6 cm³/mol. The van der Waals surface area contributed by atoms with Gasteiger partial charge in [-0.2, -0.15) is 0 Å². The van der Waals surface area contributed by atoms with Crippen LogP contribution in [-0.4, -0.2) is 17.7 Å². The van der Waals surface area contributed by atoms with E-state index >= 15 is 0 Å². The van der Waals surface area contributed by atoms with Crippen LogP contribution in [0.5, 0.6) is 0 Å². The van der Waals surface area contributed by atoms with Crippen molar-refractivity contribution in [3.8, 4) is 0 Å². The zero-order valence-electron chi connectivity index (χ0n) is 14.8. The average molecular weight is 318 g/mol. The summed E-state index contributed by atoms with van der Waals surface area (Å²) in [6, 6.07) is 8.60. The van der Waals surface area contributed by atoms with Gasteiger partial charge in [-0.25, -0.2) is 4.79 Å². The van der Waals surface area contributed by atoms with E-state index in [2.05, 4.69) is 29.7 Å². The first-order valence-corrected chi connectivity index (χ1v) is 8.69. The molecule has 0 aromatic heterocycles. The first kappa shape index (κ1) is 17.8. The van der Waals surface area contributed by atoms with Crippen LogP contribution in [0, 0.1) is 5.92 Å². The lowest BCUT2D eigenvalue weighted by atomic mass is 10.0. The van der Waals surface area contributed by atoms with Gasteiger partial charge < -0.3 is 10.1 Å². The van der Waals surface area contributed by atoms with Crippen LogP contribution < -0.4 is 10.6 Å². The smallest absolute Gasteiger partial charge is 0.412 e. The minimum absolute atomic E-state index is 0.417. The largest absolute Gasteiger partial charge is 0.444 e. The number of carbonyl (C=O) groups excluding carboxylic acids is 1. The molecule has 1 fully saturated rings. The Morgan fingerprint density at radius 2 is 1.91 bits per heavy atom. The van der Waals surface area contributed by atoms with Gasteiger partial charge in [0.15, 0.2) is 0 Å². The molecule has 1 aromatic rings. The van der Waals surface area contributed by atoms with Gasteiger partial charge in [0.1, 0.15) is 5.60 Å². The van der Waals surface area contributed by atoms with Crippen LogP contribution in [0.25, 0.3) is 0 Å². The summed E-state index contributed by atoms with van der Waals surface area (Å²) < 4.78 is 5.25. The zero-order valence-corrected chi connectivity index (χ0v) is 14.8. The normalized spacial score (nSPS) is 21.2. The van der Waals surface area contributed by atoms with Crippen LogP contribution in [0.1, 0.15) is 58.9 Å². The number of nitrogens with one attached hydrogen (secondary N) is 2. The molecule has 0 saturated heterocycles. The highest BCUT2D eigenvalue weighted by molar-refractivity contribution is 5.84. The lowest BCUT2D eigenvalue weighted by Gasteiger charge is -2.20. The fourth-order valence-electron chi connectivity index (χ4n) is 3.17. The van der Waals surface area contributed by atoms with Crippen molar-refractivity contribution in [1.29, 1.82) is 0 Å². The number of amides is 1. The molecule has 0 aliphatic heterocycles. The number of anilines is 1. The maximum absolute atomic E-state index is 11.7. The summed E-state index contributed by atoms with van der Waals surface area (Å²) in [6.45, 7) is 8.73. The molecule has 128 valence electrons. The number of ether oxygens (including phenoxy) is 1. The minimum Gasteiger partial charge on any atom is -0.444 e. The van der Waals surface area contributed by atoms with Gasteiger partial charge in [-0.3, -0.25) is 5.32 Å². The molecule has 2 rings (SSSR count). The maximum Gasteiger partial charge on any atom is 0.412 e. The Balaban J connectivity index is 1.81. The second-order valence-electron chi connectivity index (χ2n) is 7.41. The topological polar surface area (TPSA) is 50.4 Å². The van der Waals surface area contributed by atoms with E-state index < -0.39 is 11.7 Å². The Bertz CT molecular complexity index is 505. The second-order valence-corrected chi connectivity index (χ2v) is 7.41. The summed E-state index contributed by atoms with van der Waals surface area (Å²) in [7, 11) is 0. The Morgan fingerprint density at radius 1 is 1.22 bits per heavy atom. The molecule has 1 aliphatic rings. The molecule has 23 heavy (non-hydrogen) atoms. The molecule has 0 bridgehead atoms. The Kier molecular flexibility index (Phi) is 6.05. The SMILES string of the molecule is CCC1CCCC1NCc1ccc(NC(=O)OC(C)(C)C)cc1. The Hall–Kier alpha value is -1.55. The molecule has 1 saturated carbocycles. The van der Waals surface area contributed by atoms with Crippen LogP contribution in [0.4, 0.5) is 10.5 Å². The molecule has 4 nitrogen and oxygen atoms in total. The van der Waals surface area contributed by atoms with Gasteiger partial charge in [0.25, 0.3) is 0 Å². The Morgan fingerprint density at radius 3 is 2.52 bits per heavy atom. The van der Waals surface area contributed by atoms with Gasteiger partial charge in [-0.1, -0.05) is 31.9 Å². The summed E-state index contributed by atoms with van der Waals surface area (Å²) in [6.07, 6.45) is 4.83. The summed E-state index contributed by atoms with van der Waals surface area (Å²) in [5.74, 6) is 0.822. The van der Waals surface area contributed by atoms with E-state index in [0.29, 0.717) is 6.04 Å². The van der Waals surface area contributed by atoms with Crippen molar-refractivity contribution in [2.24, 2.45) is 5.92 Å². The highest BCUT2D eigenvalue weighted by Crippen LogP contribution is 2.28. The van der Waals surface area contributed by atoms with Crippen molar-refractivity contribution < 1.29 is 9.53 Å². The molecule has 2 unspecified atom stereocenters. The van der Waals surface area contributed by atoms with Crippen LogP contribution in [0.3, 0.4) is 0 Å². The summed E-state index contributed by atoms with van der Waals surface area (Å²) in [5.41, 5.74) is 1.52. The van der Waals surface area contributed by atoms with Crippen LogP contribution in [0.15, 0.2) is 24.3 Å². The third kappa shape index (κ3) is 5.87. The number of hydrogen-bond donors (Lipinski definition) is 2. The van der Waals surface area contributed by atoms with Crippen LogP contribution >= 0.6 is 0 Å². The molecule has 1 aromatic carbocycles. The fraction of sp³-hybridized carbons (Fsp3) is 0.632. The fourth-order valence-corrected chi connectivity index (χ4v) is 3.17. The highest BCUT2D eigenvalue weighted by Gasteiger charge is 2.24. The molecule has 0 heterocycles. The van der Waals surface area contributed by atoms with E-state index in [-0.39, 0.29) is 0 Å². The van der Waals surface area contributed by atoms with Crippen molar-refractivity contribution in [2.75, 3.05) is 5.32 Å². The second kappa shape index (κ2) is 7.82. The standard InChI is InChI=1S/C19H30N2O2/c1-5-15-7-6-8-17(15)20-13-14-9-11-16(12-10-14)21-18(22)23-19(2,3)4/h9-12,15,17,20H,5-8,13H2,1-4H3,(H,21,22). The third-order valence-corrected chi connectivity index (χ3v) is 4.35. The molecule has 0 radical (unpaired) electrons. The first-order valence-electron chi connectivity index (χ1n) is 8.69. The van der Waals surface area contributed by atoms with E-state index in [1.165, 1.54) is 31.2 Å². The van der Waals surface area contributed by atoms with E-state index in [4.69, 9.17) is 4.74 Å². The maximum atomic E-state index is 11.7. The third-order valence-electron chi connectivity index (χ3n) is 4.35. The number of carbonyl (C=O) groups is 1. The molecule has 1 amide bonds. The van der Waals surface area contributed by atoms with Crippen molar-refractivity contribution in [3.63, 3.8) is 0 Å². The van der Waals surface area contributed by atoms with Crippen molar-refractivity contribution in [2.45, 2.75) is 71.6 Å². The molecule has 4 heteroatoms. The van der Waals surface area contributed by atoms with Gasteiger partial charge in [-0.15, -0.1) is 0 Å². The van der Waals surface area contributed by atoms with Crippen molar-refractivity contribution in [3.05, 3.63) is 29.8 Å². The lowest BCUT2D eigenvalue weighted by molar-refractivity contribution is 0.0636. The Labute approximate surface area is 140 Å². The monoisotopic (exact) mass is 318 g/mol. The lowest BCUT2D eigenvalue weighted by Crippen LogP contribution is -2.31. The van der Waals surface area contributed by atoms with E-state index in [0.717, 1.165) is 18.2 Å². The summed E-state index contributed by atoms with van der Waals surface area (Å²) >= 11 is 0. The zero-order chi connectivity index (χ0) is 16.9. The molecule has 2 atom stereocenters. The van der Waals surface area contributed by atoms with Gasteiger partial charge in [0, 0.05) is 18.3 Å². The number of benzene rings is 1. The molecule has 1 aliphatic carbocycles. The van der Waals surface area contributed by atoms with Gasteiger partial charge in [0.05, 0.1) is 0 Å². The van der Waals surface area contributed by atoms with Crippen molar-refractivity contribution in [1.82, 2.24) is 5.32 Å². The quantitative estimate of drug-likeness (QED) is 0.827. The van der Waals surface area contributed by atoms with E-state index in [9.17, 15) is 4.79 Å². The highest BCUT2D eigenvalue weighted by atomic mass is 16.6. The molecular formula is C19H30N2O2. The van der Waals surface area contributed by atoms with Crippen LogP contribution in [-0.2, 0) is 11.3 Å². The average Bonchev–Trinajstić information content (AvgIpc) is 2.92. The van der Waals surface area contributed by atoms with Crippen LogP contribution in [0.2, 0.25) is 0 Å². The van der Waals surface area contributed by atoms with Crippen molar-refractivity contribution >= 4 is 11.8 Å². The molecule has 0 spiro atoms.